The van der Waals surface area contributed by atoms with Crippen molar-refractivity contribution in [3.63, 3.8) is 0 Å². The van der Waals surface area contributed by atoms with Crippen LogP contribution in [0.15, 0.2) is 54.6 Å². The zero-order valence-electron chi connectivity index (χ0n) is 30.3. The summed E-state index contributed by atoms with van der Waals surface area (Å²) in [7, 11) is 3.28. The number of piperazine rings is 1. The van der Waals surface area contributed by atoms with E-state index in [1.54, 1.807) is 28.1 Å². The lowest BCUT2D eigenvalue weighted by atomic mass is 9.72. The molecule has 2 aromatic heterocycles. The standard InChI is InChI=1S/C40H44Cl2N6O4/c1-25-18-35(44-39(52-5)33(25)20-45-14-16-47(17-15-45)26(2)49)32-11-7-9-30(37(32)42)29-8-6-10-31(36(29)41)34-13-12-28(38(43-34)51-4)19-46-21-40(22-46)23-48(24-40)27(3)50/h6-13,18H,14-17,19-24H2,1-5H3. The maximum Gasteiger partial charge on any atom is 0.219 e. The molecule has 0 saturated carbocycles. The summed E-state index contributed by atoms with van der Waals surface area (Å²) in [6.07, 6.45) is 0. The average molecular weight is 744 g/mol. The highest BCUT2D eigenvalue weighted by Crippen LogP contribution is 2.44. The number of nitrogens with zero attached hydrogens (tertiary/aromatic N) is 6. The van der Waals surface area contributed by atoms with Crippen LogP contribution in [0.1, 0.15) is 30.5 Å². The Bertz CT molecular complexity index is 2020. The highest BCUT2D eigenvalue weighted by Gasteiger charge is 2.52. The Balaban J connectivity index is 1.11. The molecule has 0 bridgehead atoms. The molecule has 3 aliphatic rings. The molecule has 0 aliphatic carbocycles. The molecule has 0 atom stereocenters. The van der Waals surface area contributed by atoms with E-state index in [1.807, 2.05) is 52.3 Å². The van der Waals surface area contributed by atoms with Crippen LogP contribution in [-0.4, -0.2) is 108 Å². The highest BCUT2D eigenvalue weighted by atomic mass is 35.5. The van der Waals surface area contributed by atoms with Gasteiger partial charge in [-0.25, -0.2) is 9.97 Å². The first-order valence-corrected chi connectivity index (χ1v) is 18.4. The van der Waals surface area contributed by atoms with E-state index in [0.717, 1.165) is 84.8 Å². The molecule has 4 aromatic rings. The SMILES string of the molecule is COc1nc(-c2cccc(-c3cccc(-c4cc(C)c(CN5CCN(C(C)=O)CC5)c(OC)n4)c3Cl)c2Cl)ccc1CN1CC2(C1)CN(C(C)=O)C2. The van der Waals surface area contributed by atoms with Gasteiger partial charge >= 0.3 is 0 Å². The summed E-state index contributed by atoms with van der Waals surface area (Å²) in [6.45, 7) is 13.4. The summed E-state index contributed by atoms with van der Waals surface area (Å²) in [4.78, 5) is 41.7. The summed E-state index contributed by atoms with van der Waals surface area (Å²) in [5.41, 5.74) is 7.85. The van der Waals surface area contributed by atoms with Crippen molar-refractivity contribution in [1.82, 2.24) is 29.6 Å². The number of hydrogen-bond acceptors (Lipinski definition) is 8. The zero-order chi connectivity index (χ0) is 36.7. The van der Waals surface area contributed by atoms with Crippen LogP contribution in [0.4, 0.5) is 0 Å². The largest absolute Gasteiger partial charge is 0.481 e. The predicted molar refractivity (Wildman–Crippen MR) is 204 cm³/mol. The number of rotatable bonds is 9. The van der Waals surface area contributed by atoms with Gasteiger partial charge in [-0.05, 0) is 24.6 Å². The molecule has 12 heteroatoms. The van der Waals surface area contributed by atoms with Gasteiger partial charge in [-0.1, -0.05) is 65.7 Å². The predicted octanol–water partition coefficient (Wildman–Crippen LogP) is 6.44. The first-order valence-electron chi connectivity index (χ1n) is 17.6. The van der Waals surface area contributed by atoms with E-state index in [0.29, 0.717) is 52.8 Å². The molecule has 0 N–H and O–H groups in total. The number of ether oxygens (including phenoxy) is 2. The summed E-state index contributed by atoms with van der Waals surface area (Å²) < 4.78 is 11.6. The van der Waals surface area contributed by atoms with Crippen LogP contribution in [0.3, 0.4) is 0 Å². The van der Waals surface area contributed by atoms with E-state index >= 15 is 0 Å². The van der Waals surface area contributed by atoms with E-state index in [-0.39, 0.29) is 17.2 Å². The van der Waals surface area contributed by atoms with Crippen LogP contribution in [-0.2, 0) is 22.7 Å². The monoisotopic (exact) mass is 742 g/mol. The molecule has 2 amide bonds. The Kier molecular flexibility index (Phi) is 10.2. The molecule has 1 spiro atoms. The Morgan fingerprint density at radius 3 is 1.83 bits per heavy atom. The minimum Gasteiger partial charge on any atom is -0.481 e. The first kappa shape index (κ1) is 36.2. The molecular weight excluding hydrogens is 699 g/mol. The molecule has 10 nitrogen and oxygen atoms in total. The number of carbonyl (C=O) groups excluding carboxylic acids is 2. The van der Waals surface area contributed by atoms with Crippen molar-refractivity contribution < 1.29 is 19.1 Å². The lowest BCUT2D eigenvalue weighted by molar-refractivity contribution is -0.157. The van der Waals surface area contributed by atoms with Gasteiger partial charge in [-0.15, -0.1) is 0 Å². The quantitative estimate of drug-likeness (QED) is 0.194. The van der Waals surface area contributed by atoms with Gasteiger partial charge in [0.1, 0.15) is 0 Å². The molecule has 3 aliphatic heterocycles. The van der Waals surface area contributed by atoms with Crippen LogP contribution in [0.2, 0.25) is 10.0 Å². The Hall–Kier alpha value is -4.22. The molecule has 0 radical (unpaired) electrons. The van der Waals surface area contributed by atoms with E-state index in [1.165, 1.54) is 0 Å². The smallest absolute Gasteiger partial charge is 0.219 e. The lowest BCUT2D eigenvalue weighted by Crippen LogP contribution is -2.72. The summed E-state index contributed by atoms with van der Waals surface area (Å²) in [5.74, 6) is 1.39. The van der Waals surface area contributed by atoms with Crippen molar-refractivity contribution in [2.24, 2.45) is 5.41 Å². The van der Waals surface area contributed by atoms with Crippen molar-refractivity contribution in [1.29, 1.82) is 0 Å². The van der Waals surface area contributed by atoms with Gasteiger partial charge in [-0.2, -0.15) is 0 Å². The molecular formula is C40H44Cl2N6O4. The fraction of sp³-hybridized carbons (Fsp3) is 0.400. The number of aryl methyl sites for hydroxylation is 1. The number of hydrogen-bond donors (Lipinski definition) is 0. The van der Waals surface area contributed by atoms with Crippen LogP contribution >= 0.6 is 23.2 Å². The molecule has 2 aromatic carbocycles. The summed E-state index contributed by atoms with van der Waals surface area (Å²) in [6, 6.07) is 17.9. The third kappa shape index (κ3) is 6.97. The maximum atomic E-state index is 11.8. The minimum atomic E-state index is 0.114. The lowest BCUT2D eigenvalue weighted by Gasteiger charge is -2.60. The summed E-state index contributed by atoms with van der Waals surface area (Å²) >= 11 is 14.3. The minimum absolute atomic E-state index is 0.114. The van der Waals surface area contributed by atoms with Crippen molar-refractivity contribution in [3.05, 3.63) is 81.3 Å². The van der Waals surface area contributed by atoms with Crippen molar-refractivity contribution >= 4 is 35.0 Å². The second-order valence-corrected chi connectivity index (χ2v) is 15.1. The fourth-order valence-corrected chi connectivity index (χ4v) is 8.50. The summed E-state index contributed by atoms with van der Waals surface area (Å²) in [5, 5.41) is 1.07. The van der Waals surface area contributed by atoms with Gasteiger partial charge in [0.25, 0.3) is 0 Å². The van der Waals surface area contributed by atoms with Crippen molar-refractivity contribution in [3.8, 4) is 45.4 Å². The Morgan fingerprint density at radius 1 is 0.692 bits per heavy atom. The van der Waals surface area contributed by atoms with Crippen molar-refractivity contribution in [2.75, 3.05) is 66.6 Å². The topological polar surface area (TPSA) is 91.3 Å². The number of carbonyl (C=O) groups is 2. The van der Waals surface area contributed by atoms with Gasteiger partial charge in [0.15, 0.2) is 0 Å². The molecule has 52 heavy (non-hydrogen) atoms. The molecule has 0 unspecified atom stereocenters. The fourth-order valence-electron chi connectivity index (χ4n) is 7.85. The highest BCUT2D eigenvalue weighted by molar-refractivity contribution is 6.39. The molecule has 7 rings (SSSR count). The van der Waals surface area contributed by atoms with Gasteiger partial charge in [-0.3, -0.25) is 19.4 Å². The van der Waals surface area contributed by atoms with Gasteiger partial charge in [0.05, 0.1) is 35.7 Å². The van der Waals surface area contributed by atoms with E-state index < -0.39 is 0 Å². The second-order valence-electron chi connectivity index (χ2n) is 14.3. The van der Waals surface area contributed by atoms with E-state index in [2.05, 4.69) is 28.9 Å². The molecule has 3 fully saturated rings. The molecule has 5 heterocycles. The van der Waals surface area contributed by atoms with Gasteiger partial charge < -0.3 is 19.3 Å². The van der Waals surface area contributed by atoms with E-state index in [4.69, 9.17) is 42.6 Å². The normalized spacial score (nSPS) is 17.1. The zero-order valence-corrected chi connectivity index (χ0v) is 31.9. The van der Waals surface area contributed by atoms with Gasteiger partial charge in [0.2, 0.25) is 23.6 Å². The molecule has 3 saturated heterocycles. The number of halogens is 2. The van der Waals surface area contributed by atoms with Crippen molar-refractivity contribution in [2.45, 2.75) is 33.9 Å². The number of methoxy groups -OCH3 is 2. The van der Waals surface area contributed by atoms with Crippen LogP contribution in [0, 0.1) is 12.3 Å². The third-order valence-corrected chi connectivity index (χ3v) is 11.5. The van der Waals surface area contributed by atoms with Crippen LogP contribution in [0.5, 0.6) is 11.8 Å². The number of aromatic nitrogens is 2. The van der Waals surface area contributed by atoms with E-state index in [9.17, 15) is 9.59 Å². The Morgan fingerprint density at radius 2 is 1.25 bits per heavy atom. The second kappa shape index (κ2) is 14.7. The van der Waals surface area contributed by atoms with Crippen LogP contribution in [0.25, 0.3) is 33.6 Å². The number of benzene rings is 2. The average Bonchev–Trinajstić information content (AvgIpc) is 3.10. The maximum absolute atomic E-state index is 11.8. The number of pyridine rings is 2. The third-order valence-electron chi connectivity index (χ3n) is 10.7. The van der Waals surface area contributed by atoms with Crippen LogP contribution < -0.4 is 9.47 Å². The number of amides is 2. The number of likely N-dealkylation sites (tertiary alicyclic amines) is 2. The molecule has 272 valence electrons. The van der Waals surface area contributed by atoms with Gasteiger partial charge in [0, 0.05) is 118 Å². The Labute approximate surface area is 315 Å². The first-order chi connectivity index (χ1) is 25.0.